The molecule has 3 rings (SSSR count). The van der Waals surface area contributed by atoms with E-state index < -0.39 is 0 Å². The number of hydrogen-bond acceptors (Lipinski definition) is 6. The van der Waals surface area contributed by atoms with Gasteiger partial charge in [-0.1, -0.05) is 12.1 Å². The van der Waals surface area contributed by atoms with Crippen molar-refractivity contribution in [3.8, 4) is 0 Å². The average molecular weight is 372 g/mol. The molecule has 1 atom stereocenters. The van der Waals surface area contributed by atoms with Gasteiger partial charge in [0.05, 0.1) is 5.69 Å². The van der Waals surface area contributed by atoms with Crippen LogP contribution in [-0.2, 0) is 4.79 Å². The molecule has 0 spiro atoms. The lowest BCUT2D eigenvalue weighted by molar-refractivity contribution is -0.127. The summed E-state index contributed by atoms with van der Waals surface area (Å²) >= 11 is 1.58. The maximum atomic E-state index is 12.4. The number of anilines is 2. The molecule has 1 unspecified atom stereocenters. The van der Waals surface area contributed by atoms with E-state index in [4.69, 9.17) is 4.98 Å². The van der Waals surface area contributed by atoms with Crippen molar-refractivity contribution in [3.05, 3.63) is 47.6 Å². The zero-order chi connectivity index (χ0) is 18.4. The molecular formula is C19H25N5OS. The summed E-state index contributed by atoms with van der Waals surface area (Å²) in [6, 6.07) is 5.75. The zero-order valence-corrected chi connectivity index (χ0v) is 16.1. The number of likely N-dealkylation sites (N-methyl/N-ethyl adjacent to an activating group) is 1. The SMILES string of the molecule is CN(C)CC=CC(=O)N1CCCC(c2csc(Nc3ccccn3)n2)C1. The van der Waals surface area contributed by atoms with Crippen molar-refractivity contribution in [2.45, 2.75) is 18.8 Å². The highest BCUT2D eigenvalue weighted by atomic mass is 32.1. The van der Waals surface area contributed by atoms with Crippen LogP contribution in [0.2, 0.25) is 0 Å². The van der Waals surface area contributed by atoms with Crippen LogP contribution >= 0.6 is 11.3 Å². The second kappa shape index (κ2) is 8.91. The van der Waals surface area contributed by atoms with E-state index in [1.807, 2.05) is 48.2 Å². The van der Waals surface area contributed by atoms with Crippen LogP contribution in [0.5, 0.6) is 0 Å². The minimum Gasteiger partial charge on any atom is -0.339 e. The van der Waals surface area contributed by atoms with Crippen molar-refractivity contribution in [1.82, 2.24) is 19.8 Å². The Balaban J connectivity index is 1.59. The number of aromatic nitrogens is 2. The average Bonchev–Trinajstić information content (AvgIpc) is 3.11. The Labute approximate surface area is 158 Å². The Morgan fingerprint density at radius 1 is 1.46 bits per heavy atom. The lowest BCUT2D eigenvalue weighted by atomic mass is 9.95. The van der Waals surface area contributed by atoms with Gasteiger partial charge >= 0.3 is 0 Å². The van der Waals surface area contributed by atoms with Crippen molar-refractivity contribution in [1.29, 1.82) is 0 Å². The van der Waals surface area contributed by atoms with Crippen molar-refractivity contribution >= 4 is 28.2 Å². The number of amides is 1. The molecule has 6 nitrogen and oxygen atoms in total. The lowest BCUT2D eigenvalue weighted by Crippen LogP contribution is -2.38. The normalized spacial score (nSPS) is 17.8. The van der Waals surface area contributed by atoms with Crippen LogP contribution in [0, 0.1) is 0 Å². The molecule has 1 amide bonds. The van der Waals surface area contributed by atoms with Crippen molar-refractivity contribution in [2.24, 2.45) is 0 Å². The summed E-state index contributed by atoms with van der Waals surface area (Å²) in [6.45, 7) is 2.33. The molecule has 1 N–H and O–H groups in total. The van der Waals surface area contributed by atoms with E-state index in [2.05, 4.69) is 15.7 Å². The molecular weight excluding hydrogens is 346 g/mol. The summed E-state index contributed by atoms with van der Waals surface area (Å²) in [4.78, 5) is 25.3. The fourth-order valence-corrected chi connectivity index (χ4v) is 3.76. The fourth-order valence-electron chi connectivity index (χ4n) is 2.97. The number of nitrogens with one attached hydrogen (secondary N) is 1. The molecule has 2 aromatic heterocycles. The number of piperidine rings is 1. The maximum absolute atomic E-state index is 12.4. The smallest absolute Gasteiger partial charge is 0.246 e. The predicted octanol–water partition coefficient (Wildman–Crippen LogP) is 3.11. The summed E-state index contributed by atoms with van der Waals surface area (Å²) in [5.41, 5.74) is 1.06. The molecule has 138 valence electrons. The van der Waals surface area contributed by atoms with E-state index in [9.17, 15) is 4.79 Å². The van der Waals surface area contributed by atoms with Crippen LogP contribution in [0.1, 0.15) is 24.5 Å². The van der Waals surface area contributed by atoms with Crippen LogP contribution in [0.4, 0.5) is 10.9 Å². The number of carbonyl (C=O) groups excluding carboxylic acids is 1. The number of nitrogens with zero attached hydrogens (tertiary/aromatic N) is 4. The molecule has 1 saturated heterocycles. The van der Waals surface area contributed by atoms with Crippen LogP contribution < -0.4 is 5.32 Å². The number of hydrogen-bond donors (Lipinski definition) is 1. The lowest BCUT2D eigenvalue weighted by Gasteiger charge is -2.31. The minimum atomic E-state index is 0.0959. The summed E-state index contributed by atoms with van der Waals surface area (Å²) in [6.07, 6.45) is 7.45. The Morgan fingerprint density at radius 3 is 3.12 bits per heavy atom. The Morgan fingerprint density at radius 2 is 2.35 bits per heavy atom. The maximum Gasteiger partial charge on any atom is 0.246 e. The highest BCUT2D eigenvalue weighted by molar-refractivity contribution is 7.13. The monoisotopic (exact) mass is 371 g/mol. The largest absolute Gasteiger partial charge is 0.339 e. The highest BCUT2D eigenvalue weighted by Gasteiger charge is 2.25. The molecule has 0 radical (unpaired) electrons. The van der Waals surface area contributed by atoms with E-state index in [0.29, 0.717) is 5.92 Å². The molecule has 0 aromatic carbocycles. The Kier molecular flexibility index (Phi) is 6.35. The molecule has 0 bridgehead atoms. The topological polar surface area (TPSA) is 61.4 Å². The molecule has 0 aliphatic carbocycles. The first-order valence-corrected chi connectivity index (χ1v) is 9.73. The molecule has 3 heterocycles. The van der Waals surface area contributed by atoms with Gasteiger partial charge in [0, 0.05) is 43.2 Å². The molecule has 2 aromatic rings. The number of carbonyl (C=O) groups is 1. The third kappa shape index (κ3) is 5.12. The van der Waals surface area contributed by atoms with Crippen LogP contribution in [-0.4, -0.2) is 59.4 Å². The van der Waals surface area contributed by atoms with E-state index >= 15 is 0 Å². The van der Waals surface area contributed by atoms with Gasteiger partial charge < -0.3 is 15.1 Å². The van der Waals surface area contributed by atoms with Crippen molar-refractivity contribution in [3.63, 3.8) is 0 Å². The summed E-state index contributed by atoms with van der Waals surface area (Å²) in [7, 11) is 3.98. The minimum absolute atomic E-state index is 0.0959. The van der Waals surface area contributed by atoms with Gasteiger partial charge in [0.1, 0.15) is 5.82 Å². The second-order valence-electron chi connectivity index (χ2n) is 6.71. The van der Waals surface area contributed by atoms with E-state index in [0.717, 1.165) is 49.1 Å². The molecule has 1 aliphatic heterocycles. The van der Waals surface area contributed by atoms with Gasteiger partial charge in [0.25, 0.3) is 0 Å². The van der Waals surface area contributed by atoms with E-state index in [1.165, 1.54) is 0 Å². The van der Waals surface area contributed by atoms with Gasteiger partial charge in [0.2, 0.25) is 5.91 Å². The first-order chi connectivity index (χ1) is 12.6. The first kappa shape index (κ1) is 18.5. The van der Waals surface area contributed by atoms with E-state index in [-0.39, 0.29) is 5.91 Å². The van der Waals surface area contributed by atoms with E-state index in [1.54, 1.807) is 23.6 Å². The van der Waals surface area contributed by atoms with Gasteiger partial charge in [-0.2, -0.15) is 0 Å². The molecule has 1 aliphatic rings. The van der Waals surface area contributed by atoms with Gasteiger partial charge in [-0.3, -0.25) is 4.79 Å². The number of likely N-dealkylation sites (tertiary alicyclic amines) is 1. The predicted molar refractivity (Wildman–Crippen MR) is 106 cm³/mol. The van der Waals surface area contributed by atoms with Crippen LogP contribution in [0.3, 0.4) is 0 Å². The van der Waals surface area contributed by atoms with Gasteiger partial charge in [-0.25, -0.2) is 9.97 Å². The summed E-state index contributed by atoms with van der Waals surface area (Å²) < 4.78 is 0. The van der Waals surface area contributed by atoms with Crippen LogP contribution in [0.15, 0.2) is 41.9 Å². The summed E-state index contributed by atoms with van der Waals surface area (Å²) in [5.74, 6) is 1.18. The Bertz CT molecular complexity index is 743. The van der Waals surface area contributed by atoms with Gasteiger partial charge in [-0.15, -0.1) is 11.3 Å². The molecule has 0 saturated carbocycles. The third-order valence-electron chi connectivity index (χ3n) is 4.30. The van der Waals surface area contributed by atoms with Gasteiger partial charge in [-0.05, 0) is 39.1 Å². The first-order valence-electron chi connectivity index (χ1n) is 8.85. The van der Waals surface area contributed by atoms with Crippen LogP contribution in [0.25, 0.3) is 0 Å². The Hall–Kier alpha value is -2.25. The highest BCUT2D eigenvalue weighted by Crippen LogP contribution is 2.30. The molecule has 7 heteroatoms. The molecule has 26 heavy (non-hydrogen) atoms. The number of rotatable bonds is 6. The zero-order valence-electron chi connectivity index (χ0n) is 15.3. The van der Waals surface area contributed by atoms with Gasteiger partial charge in [0.15, 0.2) is 5.13 Å². The number of thiazole rings is 1. The van der Waals surface area contributed by atoms with Crippen molar-refractivity contribution < 1.29 is 4.79 Å². The summed E-state index contributed by atoms with van der Waals surface area (Å²) in [5, 5.41) is 6.17. The number of pyridine rings is 1. The molecule has 1 fully saturated rings. The third-order valence-corrected chi connectivity index (χ3v) is 5.08. The quantitative estimate of drug-likeness (QED) is 0.791. The van der Waals surface area contributed by atoms with Crippen molar-refractivity contribution in [2.75, 3.05) is 39.0 Å². The standard InChI is InChI=1S/C19H25N5OS/c1-23(2)11-6-9-18(25)24-12-5-7-15(13-24)16-14-26-19(21-16)22-17-8-3-4-10-20-17/h3-4,6,8-10,14-15H,5,7,11-13H2,1-2H3,(H,20,21,22). The fraction of sp³-hybridized carbons (Fsp3) is 0.421. The second-order valence-corrected chi connectivity index (χ2v) is 7.56.